The molecule has 3 N–H and O–H groups in total. The van der Waals surface area contributed by atoms with Crippen LogP contribution in [0.15, 0.2) is 18.2 Å². The van der Waals surface area contributed by atoms with Gasteiger partial charge in [-0.3, -0.25) is 9.69 Å². The lowest BCUT2D eigenvalue weighted by Crippen LogP contribution is -2.40. The van der Waals surface area contributed by atoms with Crippen molar-refractivity contribution in [3.05, 3.63) is 29.3 Å². The zero-order valence-corrected chi connectivity index (χ0v) is 12.5. The van der Waals surface area contributed by atoms with Crippen molar-refractivity contribution in [2.75, 3.05) is 25.4 Å². The summed E-state index contributed by atoms with van der Waals surface area (Å²) in [5.74, 6) is 0.748. The normalized spacial score (nSPS) is 15.2. The number of nitrogens with one attached hydrogen (secondary N) is 1. The molecule has 1 aromatic carbocycles. The van der Waals surface area contributed by atoms with E-state index in [0.717, 1.165) is 38.2 Å². The monoisotopic (exact) mass is 275 g/mol. The van der Waals surface area contributed by atoms with Crippen molar-refractivity contribution < 1.29 is 4.79 Å². The van der Waals surface area contributed by atoms with E-state index in [-0.39, 0.29) is 5.91 Å². The molecule has 4 heteroatoms. The van der Waals surface area contributed by atoms with Crippen LogP contribution in [-0.4, -0.2) is 30.4 Å². The summed E-state index contributed by atoms with van der Waals surface area (Å²) in [7, 11) is 0. The summed E-state index contributed by atoms with van der Waals surface area (Å²) in [6.07, 6.45) is 1.96. The van der Waals surface area contributed by atoms with E-state index in [1.807, 2.05) is 12.1 Å². The molecule has 1 amide bonds. The van der Waals surface area contributed by atoms with Gasteiger partial charge < -0.3 is 11.1 Å². The molecular formula is C16H25N3O. The molecule has 110 valence electrons. The third-order valence-electron chi connectivity index (χ3n) is 3.79. The quantitative estimate of drug-likeness (QED) is 0.806. The van der Waals surface area contributed by atoms with Gasteiger partial charge in [-0.25, -0.2) is 0 Å². The van der Waals surface area contributed by atoms with Gasteiger partial charge >= 0.3 is 0 Å². The van der Waals surface area contributed by atoms with E-state index in [2.05, 4.69) is 30.1 Å². The number of nitrogen functional groups attached to an aromatic ring is 1. The first-order valence-electron chi connectivity index (χ1n) is 7.41. The molecule has 0 aromatic heterocycles. The Morgan fingerprint density at radius 1 is 1.45 bits per heavy atom. The second-order valence-corrected chi connectivity index (χ2v) is 5.98. The molecule has 1 heterocycles. The summed E-state index contributed by atoms with van der Waals surface area (Å²) in [5.41, 5.74) is 9.37. The molecule has 0 bridgehead atoms. The van der Waals surface area contributed by atoms with Gasteiger partial charge in [0.1, 0.15) is 0 Å². The predicted molar refractivity (Wildman–Crippen MR) is 82.3 cm³/mol. The molecule has 0 saturated heterocycles. The van der Waals surface area contributed by atoms with E-state index in [1.165, 1.54) is 11.1 Å². The van der Waals surface area contributed by atoms with E-state index in [0.29, 0.717) is 12.5 Å². The standard InChI is InChI=1S/C16H25N3O/c1-12(2)6-8-18-16(20)11-19-9-7-14-13(10-19)4-3-5-15(14)17/h3-5,12H,6-11,17H2,1-2H3,(H,18,20). The SMILES string of the molecule is CC(C)CCNC(=O)CN1CCc2c(N)cccc2C1. The molecule has 1 aromatic rings. The van der Waals surface area contributed by atoms with Crippen molar-refractivity contribution in [1.29, 1.82) is 0 Å². The van der Waals surface area contributed by atoms with Crippen molar-refractivity contribution in [3.63, 3.8) is 0 Å². The zero-order chi connectivity index (χ0) is 14.5. The fourth-order valence-electron chi connectivity index (χ4n) is 2.59. The van der Waals surface area contributed by atoms with Gasteiger partial charge in [0.05, 0.1) is 6.54 Å². The molecule has 0 atom stereocenters. The highest BCUT2D eigenvalue weighted by Gasteiger charge is 2.19. The van der Waals surface area contributed by atoms with Gasteiger partial charge in [0.25, 0.3) is 0 Å². The number of fused-ring (bicyclic) bond motifs is 1. The predicted octanol–water partition coefficient (Wildman–Crippen LogP) is 1.79. The highest BCUT2D eigenvalue weighted by Crippen LogP contribution is 2.23. The molecule has 0 fully saturated rings. The number of carbonyl (C=O) groups excluding carboxylic acids is 1. The van der Waals surface area contributed by atoms with Crippen molar-refractivity contribution in [2.45, 2.75) is 33.2 Å². The van der Waals surface area contributed by atoms with Crippen molar-refractivity contribution in [3.8, 4) is 0 Å². The molecule has 2 rings (SSSR count). The van der Waals surface area contributed by atoms with Crippen LogP contribution in [0.4, 0.5) is 5.69 Å². The van der Waals surface area contributed by atoms with Gasteiger partial charge in [0.2, 0.25) is 5.91 Å². The van der Waals surface area contributed by atoms with Gasteiger partial charge in [-0.2, -0.15) is 0 Å². The molecule has 0 aliphatic carbocycles. The topological polar surface area (TPSA) is 58.4 Å². The van der Waals surface area contributed by atoms with E-state index in [9.17, 15) is 4.79 Å². The van der Waals surface area contributed by atoms with Crippen LogP contribution in [0.3, 0.4) is 0 Å². The maximum atomic E-state index is 11.9. The summed E-state index contributed by atoms with van der Waals surface area (Å²) in [4.78, 5) is 14.1. The summed E-state index contributed by atoms with van der Waals surface area (Å²) in [6.45, 7) is 7.30. The Morgan fingerprint density at radius 2 is 2.25 bits per heavy atom. The van der Waals surface area contributed by atoms with Crippen LogP contribution in [0.25, 0.3) is 0 Å². The summed E-state index contributed by atoms with van der Waals surface area (Å²) in [6, 6.07) is 6.04. The third-order valence-corrected chi connectivity index (χ3v) is 3.79. The molecule has 1 aliphatic heterocycles. The van der Waals surface area contributed by atoms with Gasteiger partial charge in [-0.15, -0.1) is 0 Å². The van der Waals surface area contributed by atoms with Gasteiger partial charge in [0, 0.05) is 25.3 Å². The average molecular weight is 275 g/mol. The lowest BCUT2D eigenvalue weighted by atomic mass is 9.98. The van der Waals surface area contributed by atoms with Crippen molar-refractivity contribution in [1.82, 2.24) is 10.2 Å². The van der Waals surface area contributed by atoms with Crippen LogP contribution in [0.1, 0.15) is 31.4 Å². The van der Waals surface area contributed by atoms with Crippen molar-refractivity contribution >= 4 is 11.6 Å². The number of amides is 1. The highest BCUT2D eigenvalue weighted by molar-refractivity contribution is 5.78. The van der Waals surface area contributed by atoms with Gasteiger partial charge in [-0.05, 0) is 36.0 Å². The third kappa shape index (κ3) is 3.97. The van der Waals surface area contributed by atoms with E-state index < -0.39 is 0 Å². The number of anilines is 1. The number of hydrogen-bond donors (Lipinski definition) is 2. The molecular weight excluding hydrogens is 250 g/mol. The Balaban J connectivity index is 1.83. The Morgan fingerprint density at radius 3 is 3.00 bits per heavy atom. The Bertz CT molecular complexity index is 471. The highest BCUT2D eigenvalue weighted by atomic mass is 16.2. The van der Waals surface area contributed by atoms with Crippen LogP contribution in [-0.2, 0) is 17.8 Å². The molecule has 4 nitrogen and oxygen atoms in total. The summed E-state index contributed by atoms with van der Waals surface area (Å²) in [5, 5.41) is 2.99. The Labute approximate surface area is 121 Å². The van der Waals surface area contributed by atoms with Crippen LogP contribution in [0.2, 0.25) is 0 Å². The number of hydrogen-bond acceptors (Lipinski definition) is 3. The number of rotatable bonds is 5. The van der Waals surface area contributed by atoms with E-state index >= 15 is 0 Å². The molecule has 20 heavy (non-hydrogen) atoms. The second-order valence-electron chi connectivity index (χ2n) is 5.98. The Kier molecular flexibility index (Phi) is 5.01. The van der Waals surface area contributed by atoms with E-state index in [1.54, 1.807) is 0 Å². The molecule has 0 saturated carbocycles. The fraction of sp³-hybridized carbons (Fsp3) is 0.562. The lowest BCUT2D eigenvalue weighted by molar-refractivity contribution is -0.122. The molecule has 1 aliphatic rings. The van der Waals surface area contributed by atoms with Crippen LogP contribution < -0.4 is 11.1 Å². The number of benzene rings is 1. The van der Waals surface area contributed by atoms with Crippen LogP contribution in [0, 0.1) is 5.92 Å². The maximum absolute atomic E-state index is 11.9. The molecule has 0 spiro atoms. The lowest BCUT2D eigenvalue weighted by Gasteiger charge is -2.28. The first kappa shape index (κ1) is 14.9. The minimum Gasteiger partial charge on any atom is -0.398 e. The second kappa shape index (κ2) is 6.75. The molecule has 0 radical (unpaired) electrons. The summed E-state index contributed by atoms with van der Waals surface area (Å²) >= 11 is 0. The van der Waals surface area contributed by atoms with Crippen molar-refractivity contribution in [2.24, 2.45) is 5.92 Å². The maximum Gasteiger partial charge on any atom is 0.234 e. The Hall–Kier alpha value is -1.55. The molecule has 0 unspecified atom stereocenters. The smallest absolute Gasteiger partial charge is 0.234 e. The zero-order valence-electron chi connectivity index (χ0n) is 12.5. The first-order valence-corrected chi connectivity index (χ1v) is 7.41. The van der Waals surface area contributed by atoms with Gasteiger partial charge in [-0.1, -0.05) is 26.0 Å². The fourth-order valence-corrected chi connectivity index (χ4v) is 2.59. The van der Waals surface area contributed by atoms with Crippen LogP contribution in [0.5, 0.6) is 0 Å². The minimum absolute atomic E-state index is 0.123. The average Bonchev–Trinajstić information content (AvgIpc) is 2.38. The van der Waals surface area contributed by atoms with Gasteiger partial charge in [0.15, 0.2) is 0 Å². The van der Waals surface area contributed by atoms with Crippen LogP contribution >= 0.6 is 0 Å². The first-order chi connectivity index (χ1) is 9.56. The number of nitrogens with two attached hydrogens (primary N) is 1. The minimum atomic E-state index is 0.123. The largest absolute Gasteiger partial charge is 0.398 e. The summed E-state index contributed by atoms with van der Waals surface area (Å²) < 4.78 is 0. The number of carbonyl (C=O) groups is 1. The number of nitrogens with zero attached hydrogens (tertiary/aromatic N) is 1. The van der Waals surface area contributed by atoms with E-state index in [4.69, 9.17) is 5.73 Å².